The van der Waals surface area contributed by atoms with Crippen LogP contribution in [0.4, 0.5) is 0 Å². The van der Waals surface area contributed by atoms with Crippen LogP contribution in [-0.2, 0) is 31.4 Å². The first-order chi connectivity index (χ1) is 13.7. The lowest BCUT2D eigenvalue weighted by Crippen LogP contribution is -2.39. The maximum absolute atomic E-state index is 12.5. The van der Waals surface area contributed by atoms with E-state index in [0.29, 0.717) is 19.5 Å². The molecule has 0 bridgehead atoms. The van der Waals surface area contributed by atoms with Crippen LogP contribution in [0.1, 0.15) is 36.7 Å². The molecule has 9 heteroatoms. The number of hydrogen-bond donors (Lipinski definition) is 2. The summed E-state index contributed by atoms with van der Waals surface area (Å²) in [5, 5.41) is 10.5. The van der Waals surface area contributed by atoms with E-state index >= 15 is 0 Å². The van der Waals surface area contributed by atoms with Gasteiger partial charge in [-0.3, -0.25) is 9.48 Å². The summed E-state index contributed by atoms with van der Waals surface area (Å²) in [6.07, 6.45) is 3.78. The fraction of sp³-hybridized carbons (Fsp3) is 0.500. The molecule has 0 saturated heterocycles. The molecule has 0 fully saturated rings. The second-order valence-corrected chi connectivity index (χ2v) is 6.86. The Bertz CT molecular complexity index is 821. The molecule has 1 aliphatic heterocycles. The smallest absolute Gasteiger partial charge is 0.222 e. The van der Waals surface area contributed by atoms with Gasteiger partial charge in [0.1, 0.15) is 18.7 Å². The highest BCUT2D eigenvalue weighted by Crippen LogP contribution is 2.19. The Balaban J connectivity index is 0.00000300. The Morgan fingerprint density at radius 3 is 2.76 bits per heavy atom. The summed E-state index contributed by atoms with van der Waals surface area (Å²) in [5.74, 6) is 1.75. The fourth-order valence-corrected chi connectivity index (χ4v) is 3.27. The maximum atomic E-state index is 12.5. The quantitative estimate of drug-likeness (QED) is 0.257. The second kappa shape index (κ2) is 11.7. The van der Waals surface area contributed by atoms with Crippen LogP contribution >= 0.6 is 24.0 Å². The lowest BCUT2D eigenvalue weighted by Gasteiger charge is -2.29. The summed E-state index contributed by atoms with van der Waals surface area (Å²) in [5.41, 5.74) is 2.63. The number of guanidine groups is 1. The van der Waals surface area contributed by atoms with Gasteiger partial charge in [0.05, 0.1) is 0 Å². The molecular formula is C20H30IN7O. The van der Waals surface area contributed by atoms with Crippen LogP contribution in [0.2, 0.25) is 0 Å². The van der Waals surface area contributed by atoms with Crippen LogP contribution in [0, 0.1) is 0 Å². The molecule has 29 heavy (non-hydrogen) atoms. The summed E-state index contributed by atoms with van der Waals surface area (Å²) in [6.45, 7) is 5.49. The molecule has 0 aliphatic carbocycles. The number of amides is 1. The largest absolute Gasteiger partial charge is 0.357 e. The van der Waals surface area contributed by atoms with E-state index in [0.717, 1.165) is 44.3 Å². The van der Waals surface area contributed by atoms with Crippen LogP contribution in [0.3, 0.4) is 0 Å². The SMILES string of the molecule is CCNC(=NCc1ncnn1C)NCCCC(=O)N1CCc2ccccc2C1.I. The zero-order valence-electron chi connectivity index (χ0n) is 17.1. The Morgan fingerprint density at radius 2 is 2.03 bits per heavy atom. The third-order valence-corrected chi connectivity index (χ3v) is 4.87. The molecule has 2 aromatic rings. The number of fused-ring (bicyclic) bond motifs is 1. The van der Waals surface area contributed by atoms with Gasteiger partial charge < -0.3 is 15.5 Å². The summed E-state index contributed by atoms with van der Waals surface area (Å²) >= 11 is 0. The van der Waals surface area contributed by atoms with Crippen molar-refractivity contribution in [2.24, 2.45) is 12.0 Å². The van der Waals surface area contributed by atoms with Gasteiger partial charge in [0.2, 0.25) is 5.91 Å². The van der Waals surface area contributed by atoms with E-state index in [9.17, 15) is 4.79 Å². The highest BCUT2D eigenvalue weighted by atomic mass is 127. The number of halogens is 1. The van der Waals surface area contributed by atoms with Crippen molar-refractivity contribution < 1.29 is 4.79 Å². The van der Waals surface area contributed by atoms with Crippen molar-refractivity contribution in [3.8, 4) is 0 Å². The number of benzene rings is 1. The Labute approximate surface area is 189 Å². The molecule has 2 N–H and O–H groups in total. The molecule has 0 radical (unpaired) electrons. The van der Waals surface area contributed by atoms with Crippen LogP contribution in [-0.4, -0.2) is 51.2 Å². The van der Waals surface area contributed by atoms with Crippen molar-refractivity contribution in [1.82, 2.24) is 30.3 Å². The third-order valence-electron chi connectivity index (χ3n) is 4.87. The molecule has 1 amide bonds. The summed E-state index contributed by atoms with van der Waals surface area (Å²) in [4.78, 5) is 23.2. The highest BCUT2D eigenvalue weighted by molar-refractivity contribution is 14.0. The average Bonchev–Trinajstić information content (AvgIpc) is 3.13. The van der Waals surface area contributed by atoms with Crippen LogP contribution < -0.4 is 10.6 Å². The van der Waals surface area contributed by atoms with Gasteiger partial charge in [-0.05, 0) is 30.9 Å². The van der Waals surface area contributed by atoms with Crippen molar-refractivity contribution in [3.05, 3.63) is 47.5 Å². The van der Waals surface area contributed by atoms with Crippen molar-refractivity contribution in [2.45, 2.75) is 39.3 Å². The first-order valence-corrected chi connectivity index (χ1v) is 9.87. The molecule has 8 nitrogen and oxygen atoms in total. The van der Waals surface area contributed by atoms with Gasteiger partial charge in [-0.25, -0.2) is 9.98 Å². The molecule has 1 aliphatic rings. The van der Waals surface area contributed by atoms with E-state index in [-0.39, 0.29) is 29.9 Å². The number of carbonyl (C=O) groups excluding carboxylic acids is 1. The van der Waals surface area contributed by atoms with E-state index in [1.165, 1.54) is 17.5 Å². The summed E-state index contributed by atoms with van der Waals surface area (Å²) < 4.78 is 1.71. The fourth-order valence-electron chi connectivity index (χ4n) is 3.27. The minimum atomic E-state index is 0. The third kappa shape index (κ3) is 6.69. The van der Waals surface area contributed by atoms with Gasteiger partial charge in [-0.2, -0.15) is 5.10 Å². The summed E-state index contributed by atoms with van der Waals surface area (Å²) in [7, 11) is 1.85. The number of carbonyl (C=O) groups is 1. The molecule has 2 heterocycles. The zero-order chi connectivity index (χ0) is 19.8. The van der Waals surface area contributed by atoms with Gasteiger partial charge in [-0.1, -0.05) is 24.3 Å². The highest BCUT2D eigenvalue weighted by Gasteiger charge is 2.19. The molecule has 1 aromatic heterocycles. The van der Waals surface area contributed by atoms with Crippen molar-refractivity contribution in [1.29, 1.82) is 0 Å². The lowest BCUT2D eigenvalue weighted by molar-refractivity contribution is -0.132. The standard InChI is InChI=1S/C20H29N7O.HI/c1-3-21-20(23-13-18-24-15-25-26(18)2)22-11-6-9-19(28)27-12-10-16-7-4-5-8-17(16)14-27;/h4-5,7-8,15H,3,6,9-14H2,1-2H3,(H2,21,22,23);1H. The number of hydrogen-bond acceptors (Lipinski definition) is 4. The minimum absolute atomic E-state index is 0. The Kier molecular flexibility index (Phi) is 9.36. The molecule has 0 spiro atoms. The zero-order valence-corrected chi connectivity index (χ0v) is 19.4. The maximum Gasteiger partial charge on any atom is 0.222 e. The molecule has 0 saturated carbocycles. The van der Waals surface area contributed by atoms with E-state index in [1.54, 1.807) is 4.68 Å². The molecule has 3 rings (SSSR count). The van der Waals surface area contributed by atoms with Gasteiger partial charge in [-0.15, -0.1) is 24.0 Å². The van der Waals surface area contributed by atoms with Gasteiger partial charge in [0, 0.05) is 39.6 Å². The van der Waals surface area contributed by atoms with Gasteiger partial charge in [0.15, 0.2) is 5.96 Å². The van der Waals surface area contributed by atoms with Gasteiger partial charge in [0.25, 0.3) is 0 Å². The number of aryl methyl sites for hydroxylation is 1. The molecule has 158 valence electrons. The molecule has 0 atom stereocenters. The van der Waals surface area contributed by atoms with Crippen molar-refractivity contribution >= 4 is 35.8 Å². The normalized spacial score (nSPS) is 13.4. The topological polar surface area (TPSA) is 87.4 Å². The minimum Gasteiger partial charge on any atom is -0.357 e. The Morgan fingerprint density at radius 1 is 1.24 bits per heavy atom. The number of nitrogens with one attached hydrogen (secondary N) is 2. The van der Waals surface area contributed by atoms with Crippen LogP contribution in [0.5, 0.6) is 0 Å². The summed E-state index contributed by atoms with van der Waals surface area (Å²) in [6, 6.07) is 8.38. The van der Waals surface area contributed by atoms with Crippen LogP contribution in [0.15, 0.2) is 35.6 Å². The second-order valence-electron chi connectivity index (χ2n) is 6.86. The van der Waals surface area contributed by atoms with E-state index < -0.39 is 0 Å². The number of rotatable bonds is 7. The lowest BCUT2D eigenvalue weighted by atomic mass is 9.99. The van der Waals surface area contributed by atoms with E-state index in [2.05, 4.69) is 43.9 Å². The van der Waals surface area contributed by atoms with Crippen molar-refractivity contribution in [2.75, 3.05) is 19.6 Å². The predicted molar refractivity (Wildman–Crippen MR) is 124 cm³/mol. The predicted octanol–water partition coefficient (Wildman–Crippen LogP) is 1.85. The first-order valence-electron chi connectivity index (χ1n) is 9.87. The average molecular weight is 511 g/mol. The van der Waals surface area contributed by atoms with E-state index in [1.807, 2.05) is 24.9 Å². The molecular weight excluding hydrogens is 481 g/mol. The monoisotopic (exact) mass is 511 g/mol. The first kappa shape index (κ1) is 23.1. The number of aliphatic imine (C=N–C) groups is 1. The van der Waals surface area contributed by atoms with Crippen LogP contribution in [0.25, 0.3) is 0 Å². The van der Waals surface area contributed by atoms with Gasteiger partial charge >= 0.3 is 0 Å². The van der Waals surface area contributed by atoms with Crippen molar-refractivity contribution in [3.63, 3.8) is 0 Å². The molecule has 0 unspecified atom stereocenters. The Hall–Kier alpha value is -2.17. The number of aromatic nitrogens is 3. The molecule has 1 aromatic carbocycles. The van der Waals surface area contributed by atoms with E-state index in [4.69, 9.17) is 0 Å². The number of nitrogens with zero attached hydrogens (tertiary/aromatic N) is 5.